The van der Waals surface area contributed by atoms with Gasteiger partial charge in [0.05, 0.1) is 0 Å². The van der Waals surface area contributed by atoms with Crippen molar-refractivity contribution in [1.82, 2.24) is 4.90 Å². The van der Waals surface area contributed by atoms with Gasteiger partial charge >= 0.3 is 0 Å². The number of aliphatic hydroxyl groups excluding tert-OH is 1. The molecule has 2 nitrogen and oxygen atoms in total. The van der Waals surface area contributed by atoms with E-state index in [1.165, 1.54) is 16.0 Å². The molecule has 0 unspecified atom stereocenters. The fourth-order valence-corrected chi connectivity index (χ4v) is 4.25. The van der Waals surface area contributed by atoms with E-state index in [0.29, 0.717) is 6.04 Å². The molecule has 1 N–H and O–H groups in total. The normalized spacial score (nSPS) is 16.7. The molecular formula is C17H20ClNOS. The van der Waals surface area contributed by atoms with Gasteiger partial charge < -0.3 is 5.11 Å². The van der Waals surface area contributed by atoms with Crippen molar-refractivity contribution in [3.63, 3.8) is 0 Å². The molecule has 0 fully saturated rings. The number of nitrogens with zero attached hydrogens (tertiary/aromatic N) is 1. The van der Waals surface area contributed by atoms with Gasteiger partial charge in [-0.1, -0.05) is 29.8 Å². The van der Waals surface area contributed by atoms with Crippen LogP contribution in [0.2, 0.25) is 5.02 Å². The molecule has 0 aliphatic carbocycles. The second kappa shape index (κ2) is 6.93. The Kier molecular flexibility index (Phi) is 4.96. The molecule has 2 heterocycles. The highest BCUT2D eigenvalue weighted by atomic mass is 35.5. The zero-order chi connectivity index (χ0) is 14.7. The van der Waals surface area contributed by atoms with Crippen molar-refractivity contribution in [1.29, 1.82) is 0 Å². The summed E-state index contributed by atoms with van der Waals surface area (Å²) >= 11 is 8.27. The fraction of sp³-hybridized carbons (Fsp3) is 0.412. The zero-order valence-electron chi connectivity index (χ0n) is 12.0. The van der Waals surface area contributed by atoms with Crippen LogP contribution < -0.4 is 0 Å². The van der Waals surface area contributed by atoms with Gasteiger partial charge in [0, 0.05) is 35.6 Å². The van der Waals surface area contributed by atoms with Crippen LogP contribution in [0.4, 0.5) is 0 Å². The molecule has 0 bridgehead atoms. The fourth-order valence-electron chi connectivity index (χ4n) is 3.10. The van der Waals surface area contributed by atoms with Crippen molar-refractivity contribution in [3.8, 4) is 0 Å². The lowest BCUT2D eigenvalue weighted by molar-refractivity contribution is 0.159. The third-order valence-electron chi connectivity index (χ3n) is 4.18. The van der Waals surface area contributed by atoms with Crippen LogP contribution in [0.3, 0.4) is 0 Å². The first kappa shape index (κ1) is 15.0. The molecule has 2 aromatic rings. The Labute approximate surface area is 135 Å². The van der Waals surface area contributed by atoms with Crippen LogP contribution in [-0.4, -0.2) is 23.2 Å². The Morgan fingerprint density at radius 2 is 2.14 bits per heavy atom. The minimum absolute atomic E-state index is 0.235. The van der Waals surface area contributed by atoms with Crippen LogP contribution in [-0.2, 0) is 13.0 Å². The molecule has 112 valence electrons. The Morgan fingerprint density at radius 1 is 1.29 bits per heavy atom. The molecule has 1 aliphatic heterocycles. The second-order valence-electron chi connectivity index (χ2n) is 5.49. The number of thiophene rings is 1. The van der Waals surface area contributed by atoms with Gasteiger partial charge in [0.15, 0.2) is 0 Å². The van der Waals surface area contributed by atoms with E-state index in [4.69, 9.17) is 11.6 Å². The van der Waals surface area contributed by atoms with Crippen molar-refractivity contribution >= 4 is 22.9 Å². The average Bonchev–Trinajstić information content (AvgIpc) is 2.97. The van der Waals surface area contributed by atoms with Crippen LogP contribution in [0.1, 0.15) is 34.9 Å². The first-order valence-electron chi connectivity index (χ1n) is 7.44. The van der Waals surface area contributed by atoms with E-state index in [-0.39, 0.29) is 6.61 Å². The summed E-state index contributed by atoms with van der Waals surface area (Å²) in [6.45, 7) is 2.29. The van der Waals surface area contributed by atoms with Crippen molar-refractivity contribution in [2.45, 2.75) is 31.8 Å². The summed E-state index contributed by atoms with van der Waals surface area (Å²) in [4.78, 5) is 4.03. The number of benzene rings is 1. The second-order valence-corrected chi connectivity index (χ2v) is 6.90. The molecular weight excluding hydrogens is 302 g/mol. The number of halogens is 1. The largest absolute Gasteiger partial charge is 0.396 e. The molecule has 1 aromatic heterocycles. The SMILES string of the molecule is OCCC[C@H](c1ccccc1Cl)N1CCc2sccc2C1. The number of rotatable bonds is 5. The molecule has 0 saturated heterocycles. The molecule has 4 heteroatoms. The van der Waals surface area contributed by atoms with E-state index in [1.807, 2.05) is 29.5 Å². The number of aliphatic hydroxyl groups is 1. The maximum absolute atomic E-state index is 9.20. The highest BCUT2D eigenvalue weighted by Crippen LogP contribution is 2.35. The van der Waals surface area contributed by atoms with Gasteiger partial charge in [0.1, 0.15) is 0 Å². The van der Waals surface area contributed by atoms with Gasteiger partial charge in [0.2, 0.25) is 0 Å². The standard InChI is InChI=1S/C17H20ClNOS/c18-15-5-2-1-4-14(15)16(6-3-10-20)19-9-7-17-13(12-19)8-11-21-17/h1-2,4-5,8,11,16,20H,3,6-7,9-10,12H2/t16-/m1/s1. The third-order valence-corrected chi connectivity index (χ3v) is 5.55. The van der Waals surface area contributed by atoms with E-state index >= 15 is 0 Å². The quantitative estimate of drug-likeness (QED) is 0.888. The minimum atomic E-state index is 0.235. The van der Waals surface area contributed by atoms with Crippen molar-refractivity contribution in [2.24, 2.45) is 0 Å². The smallest absolute Gasteiger partial charge is 0.0453 e. The number of hydrogen-bond donors (Lipinski definition) is 1. The first-order valence-corrected chi connectivity index (χ1v) is 8.70. The van der Waals surface area contributed by atoms with Crippen LogP contribution >= 0.6 is 22.9 Å². The molecule has 1 atom stereocenters. The van der Waals surface area contributed by atoms with Crippen LogP contribution in [0, 0.1) is 0 Å². The van der Waals surface area contributed by atoms with Gasteiger partial charge in [0.25, 0.3) is 0 Å². The lowest BCUT2D eigenvalue weighted by atomic mass is 9.97. The van der Waals surface area contributed by atoms with Crippen molar-refractivity contribution in [2.75, 3.05) is 13.2 Å². The molecule has 1 aliphatic rings. The summed E-state index contributed by atoms with van der Waals surface area (Å²) in [5.74, 6) is 0. The van der Waals surface area contributed by atoms with Gasteiger partial charge in [-0.15, -0.1) is 11.3 Å². The molecule has 0 amide bonds. The molecule has 0 radical (unpaired) electrons. The van der Waals surface area contributed by atoms with Crippen molar-refractivity contribution in [3.05, 3.63) is 56.7 Å². The van der Waals surface area contributed by atoms with E-state index in [1.54, 1.807) is 0 Å². The average molecular weight is 322 g/mol. The van der Waals surface area contributed by atoms with Gasteiger partial charge in [-0.3, -0.25) is 4.90 Å². The maximum atomic E-state index is 9.20. The topological polar surface area (TPSA) is 23.5 Å². The predicted octanol–water partition coefficient (Wildman–Crippen LogP) is 4.27. The highest BCUT2D eigenvalue weighted by Gasteiger charge is 2.26. The van der Waals surface area contributed by atoms with Gasteiger partial charge in [-0.25, -0.2) is 0 Å². The lowest BCUT2D eigenvalue weighted by Crippen LogP contribution is -2.33. The van der Waals surface area contributed by atoms with Crippen LogP contribution in [0.25, 0.3) is 0 Å². The van der Waals surface area contributed by atoms with E-state index in [0.717, 1.165) is 37.4 Å². The summed E-state index contributed by atoms with van der Waals surface area (Å²) in [6.07, 6.45) is 2.87. The Hall–Kier alpha value is -0.870. The summed E-state index contributed by atoms with van der Waals surface area (Å²) in [5, 5.41) is 12.2. The van der Waals surface area contributed by atoms with Crippen molar-refractivity contribution < 1.29 is 5.11 Å². The lowest BCUT2D eigenvalue weighted by Gasteiger charge is -2.35. The summed E-state index contributed by atoms with van der Waals surface area (Å²) in [6, 6.07) is 10.6. The third kappa shape index (κ3) is 3.32. The molecule has 0 spiro atoms. The monoisotopic (exact) mass is 321 g/mol. The number of fused-ring (bicyclic) bond motifs is 1. The summed E-state index contributed by atoms with van der Waals surface area (Å²) in [5.41, 5.74) is 2.64. The van der Waals surface area contributed by atoms with E-state index in [2.05, 4.69) is 22.4 Å². The Bertz CT molecular complexity index is 598. The molecule has 1 aromatic carbocycles. The molecule has 21 heavy (non-hydrogen) atoms. The zero-order valence-corrected chi connectivity index (χ0v) is 13.5. The number of hydrogen-bond acceptors (Lipinski definition) is 3. The van der Waals surface area contributed by atoms with E-state index < -0.39 is 0 Å². The molecule has 0 saturated carbocycles. The highest BCUT2D eigenvalue weighted by molar-refractivity contribution is 7.10. The minimum Gasteiger partial charge on any atom is -0.396 e. The van der Waals surface area contributed by atoms with Crippen LogP contribution in [0.5, 0.6) is 0 Å². The maximum Gasteiger partial charge on any atom is 0.0453 e. The summed E-state index contributed by atoms with van der Waals surface area (Å²) in [7, 11) is 0. The van der Waals surface area contributed by atoms with Gasteiger partial charge in [-0.05, 0) is 47.9 Å². The predicted molar refractivity (Wildman–Crippen MR) is 88.9 cm³/mol. The van der Waals surface area contributed by atoms with Gasteiger partial charge in [-0.2, -0.15) is 0 Å². The Morgan fingerprint density at radius 3 is 2.95 bits per heavy atom. The van der Waals surface area contributed by atoms with Crippen LogP contribution in [0.15, 0.2) is 35.7 Å². The Balaban J connectivity index is 1.85. The van der Waals surface area contributed by atoms with E-state index in [9.17, 15) is 5.11 Å². The molecule has 3 rings (SSSR count). The first-order chi connectivity index (χ1) is 10.3. The summed E-state index contributed by atoms with van der Waals surface area (Å²) < 4.78 is 0.